The van der Waals surface area contributed by atoms with Crippen LogP contribution in [0.3, 0.4) is 0 Å². The number of aliphatic hydroxyl groups excluding tert-OH is 3. The Labute approximate surface area is 188 Å². The van der Waals surface area contributed by atoms with Crippen LogP contribution in [0.1, 0.15) is 48.3 Å². The molecule has 1 unspecified atom stereocenters. The van der Waals surface area contributed by atoms with Crippen molar-refractivity contribution in [2.45, 2.75) is 64.1 Å². The van der Waals surface area contributed by atoms with Gasteiger partial charge >= 0.3 is 189 Å². The maximum atomic E-state index is 10.5. The van der Waals surface area contributed by atoms with Crippen molar-refractivity contribution in [2.24, 2.45) is 17.8 Å². The van der Waals surface area contributed by atoms with Crippen molar-refractivity contribution in [1.29, 1.82) is 0 Å². The summed E-state index contributed by atoms with van der Waals surface area (Å²) in [5.41, 5.74) is 0. The Hall–Kier alpha value is -0.525. The topological polar surface area (TPSA) is 60.7 Å². The predicted octanol–water partition coefficient (Wildman–Crippen LogP) is 4.09. The summed E-state index contributed by atoms with van der Waals surface area (Å²) in [4.78, 5) is 2.55. The van der Waals surface area contributed by atoms with Crippen LogP contribution in [0.5, 0.6) is 0 Å². The Morgan fingerprint density at radius 1 is 1.34 bits per heavy atom. The molecule has 2 rings (SSSR count). The molecule has 1 aromatic heterocycles. The maximum absolute atomic E-state index is 10.5. The van der Waals surface area contributed by atoms with Gasteiger partial charge in [0, 0.05) is 0 Å². The molecule has 1 heterocycles. The first-order valence-electron chi connectivity index (χ1n) is 10.6. The molecule has 160 valence electrons. The van der Waals surface area contributed by atoms with Gasteiger partial charge < -0.3 is 0 Å². The van der Waals surface area contributed by atoms with Crippen LogP contribution in [-0.2, 0) is 6.42 Å². The minimum absolute atomic E-state index is 0.159. The van der Waals surface area contributed by atoms with E-state index in [1.165, 1.54) is 9.75 Å². The molecule has 0 aromatic carbocycles. The van der Waals surface area contributed by atoms with Crippen LogP contribution < -0.4 is 0 Å². The van der Waals surface area contributed by atoms with E-state index in [0.717, 1.165) is 43.0 Å². The summed E-state index contributed by atoms with van der Waals surface area (Å²) in [5.74, 6) is 2.56. The molecule has 1 aromatic rings. The first-order valence-corrected chi connectivity index (χ1v) is 12.2. The van der Waals surface area contributed by atoms with Crippen molar-refractivity contribution in [2.75, 3.05) is 6.61 Å². The third kappa shape index (κ3) is 7.91. The van der Waals surface area contributed by atoms with Crippen LogP contribution in [0.15, 0.2) is 34.8 Å². The normalized spacial score (nSPS) is 25.9. The van der Waals surface area contributed by atoms with E-state index < -0.39 is 6.10 Å². The van der Waals surface area contributed by atoms with Crippen LogP contribution in [0.25, 0.3) is 0 Å². The first-order chi connectivity index (χ1) is 14.0. The summed E-state index contributed by atoms with van der Waals surface area (Å²) < 4.78 is 1.14. The molecule has 5 atom stereocenters. The number of thiophene rings is 1. The molecular formula is C23H34BBrO3S. The predicted molar refractivity (Wildman–Crippen MR) is 129 cm³/mol. The van der Waals surface area contributed by atoms with Crippen molar-refractivity contribution >= 4 is 40.7 Å². The van der Waals surface area contributed by atoms with E-state index in [4.69, 9.17) is 5.11 Å². The molecule has 1 aliphatic carbocycles. The molecule has 29 heavy (non-hydrogen) atoms. The fraction of sp³-hybridized carbons (Fsp3) is 0.609. The van der Waals surface area contributed by atoms with Crippen molar-refractivity contribution in [1.82, 2.24) is 0 Å². The number of aryl methyl sites for hydroxylation is 2. The van der Waals surface area contributed by atoms with Crippen LogP contribution in [-0.4, -0.2) is 47.6 Å². The van der Waals surface area contributed by atoms with Gasteiger partial charge in [-0.1, -0.05) is 0 Å². The SMILES string of the molecule is B=C[C@@H]1CC(O)[C@H](C/C=C\CCCCO)[C@H]1/C=C/[C@@H](O)CCc1cc(Br)c(C)s1. The Balaban J connectivity index is 1.89. The van der Waals surface area contributed by atoms with E-state index >= 15 is 0 Å². The summed E-state index contributed by atoms with van der Waals surface area (Å²) in [6, 6.07) is 2.14. The van der Waals surface area contributed by atoms with E-state index in [1.807, 2.05) is 12.0 Å². The van der Waals surface area contributed by atoms with Gasteiger partial charge in [-0.3, -0.25) is 0 Å². The van der Waals surface area contributed by atoms with Gasteiger partial charge in [-0.15, -0.1) is 0 Å². The van der Waals surface area contributed by atoms with Crippen LogP contribution in [0.2, 0.25) is 0 Å². The van der Waals surface area contributed by atoms with Gasteiger partial charge in [-0.2, -0.15) is 0 Å². The molecule has 0 amide bonds. The summed E-state index contributed by atoms with van der Waals surface area (Å²) in [5, 5.41) is 29.8. The van der Waals surface area contributed by atoms with E-state index in [-0.39, 0.29) is 30.5 Å². The number of rotatable bonds is 12. The summed E-state index contributed by atoms with van der Waals surface area (Å²) in [6.07, 6.45) is 13.4. The molecule has 0 saturated heterocycles. The molecule has 1 saturated carbocycles. The summed E-state index contributed by atoms with van der Waals surface area (Å²) >= 11 is 5.32. The van der Waals surface area contributed by atoms with Gasteiger partial charge in [0.2, 0.25) is 0 Å². The van der Waals surface area contributed by atoms with E-state index in [2.05, 4.69) is 54.6 Å². The summed E-state index contributed by atoms with van der Waals surface area (Å²) in [7, 11) is 3.95. The van der Waals surface area contributed by atoms with Crippen LogP contribution >= 0.6 is 27.3 Å². The average molecular weight is 481 g/mol. The van der Waals surface area contributed by atoms with E-state index in [9.17, 15) is 10.2 Å². The number of hydrogen-bond acceptors (Lipinski definition) is 4. The molecule has 0 aliphatic heterocycles. The third-order valence-electron chi connectivity index (χ3n) is 5.80. The zero-order valence-corrected chi connectivity index (χ0v) is 19.7. The monoisotopic (exact) mass is 480 g/mol. The van der Waals surface area contributed by atoms with Crippen LogP contribution in [0, 0.1) is 24.7 Å². The van der Waals surface area contributed by atoms with Crippen molar-refractivity contribution in [3.8, 4) is 0 Å². The number of hydrogen-bond donors (Lipinski definition) is 3. The molecule has 0 radical (unpaired) electrons. The standard InChI is InChI=1S/C23H34BBrO3S/c1-16-22(25)14-19(29-16)10-8-18(27)9-11-20-17(15-24)13-23(28)21(20)7-5-3-2-4-6-12-26/h3,5,9,11,14-15,17-18,20-21,23-24,26-28H,2,4,6-8,10,12-13H2,1H3/b5-3-,11-9+/t17-,18-,20-,21+,23?/m0/s1. The summed E-state index contributed by atoms with van der Waals surface area (Å²) in [6.45, 7) is 2.34. The second-order valence-electron chi connectivity index (χ2n) is 7.98. The minimum atomic E-state index is -0.478. The molecule has 0 bridgehead atoms. The van der Waals surface area contributed by atoms with Gasteiger partial charge in [0.05, 0.1) is 0 Å². The number of halogens is 1. The molecule has 1 aliphatic rings. The Bertz CT molecular complexity index is 668. The van der Waals surface area contributed by atoms with Gasteiger partial charge in [0.25, 0.3) is 0 Å². The van der Waals surface area contributed by atoms with Gasteiger partial charge in [0.15, 0.2) is 0 Å². The average Bonchev–Trinajstić information content (AvgIpc) is 3.19. The number of unbranched alkanes of at least 4 members (excludes halogenated alkanes) is 2. The Kier molecular flexibility index (Phi) is 11.1. The molecule has 1 fully saturated rings. The molecule has 0 spiro atoms. The van der Waals surface area contributed by atoms with Crippen molar-refractivity contribution in [3.63, 3.8) is 0 Å². The van der Waals surface area contributed by atoms with Gasteiger partial charge in [0.1, 0.15) is 0 Å². The molecule has 6 heteroatoms. The Morgan fingerprint density at radius 3 is 2.79 bits per heavy atom. The molecule has 3 nitrogen and oxygen atoms in total. The third-order valence-corrected chi connectivity index (χ3v) is 8.00. The van der Waals surface area contributed by atoms with E-state index in [1.54, 1.807) is 11.3 Å². The molecule has 3 N–H and O–H groups in total. The van der Waals surface area contributed by atoms with Gasteiger partial charge in [-0.25, -0.2) is 0 Å². The number of allylic oxidation sites excluding steroid dienone is 3. The second kappa shape index (κ2) is 13.0. The second-order valence-corrected chi connectivity index (χ2v) is 10.2. The fourth-order valence-corrected chi connectivity index (χ4v) is 5.68. The van der Waals surface area contributed by atoms with Gasteiger partial charge in [-0.05, 0) is 0 Å². The number of aliphatic hydroxyl groups is 3. The van der Waals surface area contributed by atoms with E-state index in [0.29, 0.717) is 6.42 Å². The zero-order chi connectivity index (χ0) is 21.2. The molecular weight excluding hydrogens is 447 g/mol. The Morgan fingerprint density at radius 2 is 2.14 bits per heavy atom. The van der Waals surface area contributed by atoms with Crippen molar-refractivity contribution in [3.05, 3.63) is 44.6 Å². The quantitative estimate of drug-likeness (QED) is 0.240. The first kappa shape index (κ1) is 24.7. The zero-order valence-electron chi connectivity index (χ0n) is 17.3. The fourth-order valence-electron chi connectivity index (χ4n) is 4.07. The van der Waals surface area contributed by atoms with Crippen molar-refractivity contribution < 1.29 is 15.3 Å². The van der Waals surface area contributed by atoms with Crippen LogP contribution in [0.4, 0.5) is 0 Å².